The van der Waals surface area contributed by atoms with Crippen LogP contribution in [-0.4, -0.2) is 21.4 Å². The van der Waals surface area contributed by atoms with Crippen molar-refractivity contribution >= 4 is 11.8 Å². The second-order valence-corrected chi connectivity index (χ2v) is 7.51. The lowest BCUT2D eigenvalue weighted by Gasteiger charge is -2.07. The summed E-state index contributed by atoms with van der Waals surface area (Å²) in [5.41, 5.74) is 0.840. The number of hydrogen-bond acceptors (Lipinski definition) is 4. The summed E-state index contributed by atoms with van der Waals surface area (Å²) in [6.07, 6.45) is 8.00. The van der Waals surface area contributed by atoms with E-state index in [2.05, 4.69) is 15.6 Å². The summed E-state index contributed by atoms with van der Waals surface area (Å²) in [4.78, 5) is 27.9. The van der Waals surface area contributed by atoms with Crippen LogP contribution in [0.5, 0.6) is 0 Å². The van der Waals surface area contributed by atoms with Crippen LogP contribution in [0.25, 0.3) is 0 Å². The molecule has 2 rings (SSSR count). The molecule has 0 aliphatic rings. The van der Waals surface area contributed by atoms with E-state index in [1.165, 1.54) is 0 Å². The Balaban J connectivity index is 1.70. The lowest BCUT2D eigenvalue weighted by Crippen LogP contribution is -2.36. The number of oxazole rings is 1. The van der Waals surface area contributed by atoms with Crippen molar-refractivity contribution in [3.63, 3.8) is 0 Å². The first kappa shape index (κ1) is 20.7. The van der Waals surface area contributed by atoms with E-state index in [9.17, 15) is 9.59 Å². The fraction of sp³-hybridized carbons (Fsp3) is 0.579. The maximum Gasteiger partial charge on any atom is 0.334 e. The minimum atomic E-state index is -0.00146. The standard InChI is InChI=1S/C19H29N5O3/c1-14(2)5-18(25)21-8-17-11-24(13-27-17)9-15(3)6-19(26)20-7-16-10-23(4)12-22-16/h10-15H,5-9H2,1-4H3,(H-,20,21,25,26)/p+1/t15-/m1/s1. The monoisotopic (exact) mass is 376 g/mol. The van der Waals surface area contributed by atoms with Gasteiger partial charge in [-0.15, -0.1) is 0 Å². The van der Waals surface area contributed by atoms with E-state index >= 15 is 0 Å². The molecule has 0 aliphatic heterocycles. The molecular weight excluding hydrogens is 346 g/mol. The first-order valence-corrected chi connectivity index (χ1v) is 9.28. The normalized spacial score (nSPS) is 12.2. The average molecular weight is 376 g/mol. The van der Waals surface area contributed by atoms with Crippen LogP contribution in [0.2, 0.25) is 0 Å². The van der Waals surface area contributed by atoms with Gasteiger partial charge >= 0.3 is 6.39 Å². The van der Waals surface area contributed by atoms with Gasteiger partial charge in [0.2, 0.25) is 18.0 Å². The van der Waals surface area contributed by atoms with Crippen molar-refractivity contribution in [3.05, 3.63) is 36.6 Å². The molecule has 2 N–H and O–H groups in total. The largest absolute Gasteiger partial charge is 0.407 e. The van der Waals surface area contributed by atoms with Crippen LogP contribution in [0.15, 0.2) is 29.5 Å². The number of nitrogens with zero attached hydrogens (tertiary/aromatic N) is 3. The van der Waals surface area contributed by atoms with Crippen molar-refractivity contribution in [2.45, 2.75) is 53.2 Å². The molecule has 8 nitrogen and oxygen atoms in total. The lowest BCUT2D eigenvalue weighted by molar-refractivity contribution is -0.705. The van der Waals surface area contributed by atoms with E-state index in [1.807, 2.05) is 49.3 Å². The number of imidazole rings is 1. The zero-order valence-corrected chi connectivity index (χ0v) is 16.6. The van der Waals surface area contributed by atoms with Crippen molar-refractivity contribution in [2.24, 2.45) is 18.9 Å². The molecule has 0 aromatic carbocycles. The Morgan fingerprint density at radius 3 is 2.56 bits per heavy atom. The van der Waals surface area contributed by atoms with Crippen molar-refractivity contribution in [3.8, 4) is 0 Å². The third kappa shape index (κ3) is 7.64. The van der Waals surface area contributed by atoms with Crippen LogP contribution in [0, 0.1) is 11.8 Å². The van der Waals surface area contributed by atoms with E-state index in [-0.39, 0.29) is 17.7 Å². The molecular formula is C19H30N5O3+. The number of aromatic nitrogens is 3. The zero-order chi connectivity index (χ0) is 19.8. The smallest absolute Gasteiger partial charge is 0.334 e. The molecule has 0 saturated heterocycles. The predicted octanol–water partition coefficient (Wildman–Crippen LogP) is 1.31. The van der Waals surface area contributed by atoms with Gasteiger partial charge in [-0.3, -0.25) is 9.59 Å². The lowest BCUT2D eigenvalue weighted by atomic mass is 10.1. The van der Waals surface area contributed by atoms with Crippen LogP contribution in [-0.2, 0) is 36.3 Å². The van der Waals surface area contributed by atoms with Crippen LogP contribution < -0.4 is 15.2 Å². The molecule has 0 bridgehead atoms. The third-order valence-electron chi connectivity index (χ3n) is 3.98. The molecule has 0 fully saturated rings. The Labute approximate surface area is 160 Å². The number of hydrogen-bond donors (Lipinski definition) is 2. The Morgan fingerprint density at radius 2 is 1.89 bits per heavy atom. The van der Waals surface area contributed by atoms with Gasteiger partial charge in [0.15, 0.2) is 12.3 Å². The summed E-state index contributed by atoms with van der Waals surface area (Å²) in [6.45, 7) is 7.51. The highest BCUT2D eigenvalue weighted by atomic mass is 16.3. The fourth-order valence-electron chi connectivity index (χ4n) is 2.75. The summed E-state index contributed by atoms with van der Waals surface area (Å²) in [5, 5.41) is 5.73. The van der Waals surface area contributed by atoms with Gasteiger partial charge in [0.25, 0.3) is 0 Å². The van der Waals surface area contributed by atoms with E-state index in [1.54, 1.807) is 12.7 Å². The number of nitrogens with one attached hydrogen (secondary N) is 2. The molecule has 2 heterocycles. The Bertz CT molecular complexity index is 750. The van der Waals surface area contributed by atoms with Gasteiger partial charge in [-0.25, -0.2) is 4.98 Å². The van der Waals surface area contributed by atoms with Gasteiger partial charge < -0.3 is 19.6 Å². The number of carbonyl (C=O) groups is 2. The van der Waals surface area contributed by atoms with Gasteiger partial charge in [0.05, 0.1) is 25.1 Å². The summed E-state index contributed by atoms with van der Waals surface area (Å²) in [7, 11) is 1.90. The van der Waals surface area contributed by atoms with E-state index in [0.717, 1.165) is 5.69 Å². The summed E-state index contributed by atoms with van der Waals surface area (Å²) < 4.78 is 9.22. The fourth-order valence-corrected chi connectivity index (χ4v) is 2.75. The highest BCUT2D eigenvalue weighted by molar-refractivity contribution is 5.76. The molecule has 148 valence electrons. The average Bonchev–Trinajstić information content (AvgIpc) is 3.19. The molecule has 2 amide bonds. The minimum absolute atomic E-state index is 0.00146. The predicted molar refractivity (Wildman–Crippen MR) is 99.0 cm³/mol. The highest BCUT2D eigenvalue weighted by Gasteiger charge is 2.17. The van der Waals surface area contributed by atoms with Crippen LogP contribution >= 0.6 is 0 Å². The maximum atomic E-state index is 12.1. The van der Waals surface area contributed by atoms with Crippen LogP contribution in [0.1, 0.15) is 45.1 Å². The summed E-state index contributed by atoms with van der Waals surface area (Å²) in [5.74, 6) is 1.19. The number of amides is 2. The van der Waals surface area contributed by atoms with Crippen molar-refractivity contribution in [2.75, 3.05) is 0 Å². The maximum absolute atomic E-state index is 12.1. The summed E-state index contributed by atoms with van der Waals surface area (Å²) >= 11 is 0. The van der Waals surface area contributed by atoms with E-state index < -0.39 is 0 Å². The van der Waals surface area contributed by atoms with E-state index in [0.29, 0.717) is 44.2 Å². The third-order valence-corrected chi connectivity index (χ3v) is 3.98. The molecule has 0 spiro atoms. The first-order chi connectivity index (χ1) is 12.8. The molecule has 0 unspecified atom stereocenters. The molecule has 0 radical (unpaired) electrons. The summed E-state index contributed by atoms with van der Waals surface area (Å²) in [6, 6.07) is 0. The second kappa shape index (κ2) is 9.89. The minimum Gasteiger partial charge on any atom is -0.407 e. The van der Waals surface area contributed by atoms with Crippen molar-refractivity contribution in [1.29, 1.82) is 0 Å². The number of rotatable bonds is 10. The SMILES string of the molecule is CC(C)CC(=O)NCc1c[n+](C[C@H](C)CC(=O)NCc2cn(C)cn2)co1. The molecule has 0 aliphatic carbocycles. The highest BCUT2D eigenvalue weighted by Crippen LogP contribution is 2.05. The molecule has 27 heavy (non-hydrogen) atoms. The first-order valence-electron chi connectivity index (χ1n) is 9.28. The Morgan fingerprint density at radius 1 is 1.19 bits per heavy atom. The van der Waals surface area contributed by atoms with Gasteiger partial charge in [0.1, 0.15) is 0 Å². The van der Waals surface area contributed by atoms with Crippen molar-refractivity contribution in [1.82, 2.24) is 20.2 Å². The van der Waals surface area contributed by atoms with E-state index in [4.69, 9.17) is 4.42 Å². The zero-order valence-electron chi connectivity index (χ0n) is 16.6. The second-order valence-electron chi connectivity index (χ2n) is 7.51. The van der Waals surface area contributed by atoms with Crippen LogP contribution in [0.4, 0.5) is 0 Å². The molecule has 8 heteroatoms. The van der Waals surface area contributed by atoms with Gasteiger partial charge in [-0.05, 0) is 5.92 Å². The van der Waals surface area contributed by atoms with Gasteiger partial charge in [0, 0.05) is 32.0 Å². The van der Waals surface area contributed by atoms with Gasteiger partial charge in [-0.2, -0.15) is 4.57 Å². The van der Waals surface area contributed by atoms with Crippen LogP contribution in [0.3, 0.4) is 0 Å². The quantitative estimate of drug-likeness (QED) is 0.612. The van der Waals surface area contributed by atoms with Crippen molar-refractivity contribution < 1.29 is 18.6 Å². The Hall–Kier alpha value is -2.64. The topological polar surface area (TPSA) is 93.0 Å². The Kier molecular flexibility index (Phi) is 7.57. The van der Waals surface area contributed by atoms with Gasteiger partial charge in [-0.1, -0.05) is 20.8 Å². The molecule has 2 aromatic heterocycles. The number of carbonyl (C=O) groups excluding carboxylic acids is 2. The molecule has 1 atom stereocenters. The molecule has 2 aromatic rings. The molecule has 0 saturated carbocycles. The number of aryl methyl sites for hydroxylation is 1.